The average Bonchev–Trinajstić information content (AvgIpc) is 2.48. The highest BCUT2D eigenvalue weighted by atomic mass is 32.2. The van der Waals surface area contributed by atoms with Crippen molar-refractivity contribution in [3.8, 4) is 0 Å². The SMILES string of the molecule is CCC(NC)c1cccc(S(=O)(=O)NCCC(=O)NC)c1. The molecule has 0 aliphatic carbocycles. The Bertz CT molecular complexity index is 569. The summed E-state index contributed by atoms with van der Waals surface area (Å²) in [5.74, 6) is -0.201. The summed E-state index contributed by atoms with van der Waals surface area (Å²) in [4.78, 5) is 11.3. The normalized spacial score (nSPS) is 12.9. The summed E-state index contributed by atoms with van der Waals surface area (Å²) in [6.45, 7) is 2.11. The Labute approximate surface area is 126 Å². The number of benzene rings is 1. The summed E-state index contributed by atoms with van der Waals surface area (Å²) in [5.41, 5.74) is 0.925. The highest BCUT2D eigenvalue weighted by Crippen LogP contribution is 2.19. The van der Waals surface area contributed by atoms with E-state index in [9.17, 15) is 13.2 Å². The highest BCUT2D eigenvalue weighted by molar-refractivity contribution is 7.89. The Hall–Kier alpha value is -1.44. The molecule has 1 aromatic rings. The Morgan fingerprint density at radius 3 is 2.57 bits per heavy atom. The topological polar surface area (TPSA) is 87.3 Å². The van der Waals surface area contributed by atoms with Gasteiger partial charge in [0.2, 0.25) is 15.9 Å². The van der Waals surface area contributed by atoms with E-state index in [-0.39, 0.29) is 29.8 Å². The quantitative estimate of drug-likeness (QED) is 0.661. The third-order valence-corrected chi connectivity index (χ3v) is 4.71. The van der Waals surface area contributed by atoms with Crippen molar-refractivity contribution >= 4 is 15.9 Å². The van der Waals surface area contributed by atoms with Gasteiger partial charge in [-0.1, -0.05) is 19.1 Å². The van der Waals surface area contributed by atoms with Crippen LogP contribution in [0.2, 0.25) is 0 Å². The molecule has 3 N–H and O–H groups in total. The zero-order valence-corrected chi connectivity index (χ0v) is 13.5. The lowest BCUT2D eigenvalue weighted by Gasteiger charge is -2.15. The molecule has 7 heteroatoms. The van der Waals surface area contributed by atoms with Crippen LogP contribution in [0.15, 0.2) is 29.2 Å². The monoisotopic (exact) mass is 313 g/mol. The summed E-state index contributed by atoms with van der Waals surface area (Å²) < 4.78 is 26.8. The van der Waals surface area contributed by atoms with Crippen LogP contribution in [0.4, 0.5) is 0 Å². The molecule has 0 bridgehead atoms. The maximum atomic E-state index is 12.2. The van der Waals surface area contributed by atoms with Gasteiger partial charge in [-0.05, 0) is 31.2 Å². The van der Waals surface area contributed by atoms with Crippen molar-refractivity contribution < 1.29 is 13.2 Å². The van der Waals surface area contributed by atoms with Crippen LogP contribution in [0.25, 0.3) is 0 Å². The van der Waals surface area contributed by atoms with Crippen molar-refractivity contribution in [2.75, 3.05) is 20.6 Å². The zero-order valence-electron chi connectivity index (χ0n) is 12.6. The van der Waals surface area contributed by atoms with Crippen molar-refractivity contribution in [3.05, 3.63) is 29.8 Å². The second-order valence-electron chi connectivity index (χ2n) is 4.64. The second-order valence-corrected chi connectivity index (χ2v) is 6.41. The third kappa shape index (κ3) is 5.11. The molecule has 0 saturated carbocycles. The molecule has 0 aliphatic heterocycles. The van der Waals surface area contributed by atoms with Gasteiger partial charge in [0, 0.05) is 26.1 Å². The van der Waals surface area contributed by atoms with E-state index >= 15 is 0 Å². The summed E-state index contributed by atoms with van der Waals surface area (Å²) in [7, 11) is -0.233. The first-order valence-corrected chi connectivity index (χ1v) is 8.40. The van der Waals surface area contributed by atoms with Gasteiger partial charge in [0.25, 0.3) is 0 Å². The summed E-state index contributed by atoms with van der Waals surface area (Å²) in [6, 6.07) is 6.95. The second kappa shape index (κ2) is 8.11. The molecule has 1 aromatic carbocycles. The standard InChI is InChI=1S/C14H23N3O3S/c1-4-13(15-2)11-6-5-7-12(10-11)21(19,20)17-9-8-14(18)16-3/h5-7,10,13,15,17H,4,8-9H2,1-3H3,(H,16,18). The van der Waals surface area contributed by atoms with Crippen LogP contribution in [0.1, 0.15) is 31.4 Å². The molecular formula is C14H23N3O3S. The fourth-order valence-electron chi connectivity index (χ4n) is 2.01. The molecule has 1 rings (SSSR count). The molecule has 0 heterocycles. The number of carbonyl (C=O) groups excluding carboxylic acids is 1. The Morgan fingerprint density at radius 2 is 2.00 bits per heavy atom. The lowest BCUT2D eigenvalue weighted by atomic mass is 10.1. The number of sulfonamides is 1. The van der Waals surface area contributed by atoms with Crippen molar-refractivity contribution in [3.63, 3.8) is 0 Å². The minimum absolute atomic E-state index is 0.0788. The van der Waals surface area contributed by atoms with Gasteiger partial charge < -0.3 is 10.6 Å². The van der Waals surface area contributed by atoms with Gasteiger partial charge in [0.1, 0.15) is 0 Å². The van der Waals surface area contributed by atoms with Crippen molar-refractivity contribution in [1.82, 2.24) is 15.4 Å². The molecule has 118 valence electrons. The number of hydrogen-bond donors (Lipinski definition) is 3. The minimum Gasteiger partial charge on any atom is -0.359 e. The van der Waals surface area contributed by atoms with Gasteiger partial charge in [-0.15, -0.1) is 0 Å². The van der Waals surface area contributed by atoms with Crippen molar-refractivity contribution in [2.45, 2.75) is 30.7 Å². The number of nitrogens with one attached hydrogen (secondary N) is 3. The van der Waals surface area contributed by atoms with E-state index in [1.165, 1.54) is 7.05 Å². The molecule has 0 fully saturated rings. The molecule has 0 saturated heterocycles. The van der Waals surface area contributed by atoms with Crippen LogP contribution >= 0.6 is 0 Å². The van der Waals surface area contributed by atoms with E-state index in [0.717, 1.165) is 12.0 Å². The first kappa shape index (κ1) is 17.6. The summed E-state index contributed by atoms with van der Waals surface area (Å²) >= 11 is 0. The van der Waals surface area contributed by atoms with Crippen molar-refractivity contribution in [1.29, 1.82) is 0 Å². The molecule has 0 radical (unpaired) electrons. The highest BCUT2D eigenvalue weighted by Gasteiger charge is 2.16. The number of rotatable bonds is 8. The zero-order chi connectivity index (χ0) is 15.9. The van der Waals surface area contributed by atoms with E-state index in [0.29, 0.717) is 0 Å². The van der Waals surface area contributed by atoms with Crippen LogP contribution in [0, 0.1) is 0 Å². The van der Waals surface area contributed by atoms with Crippen molar-refractivity contribution in [2.24, 2.45) is 0 Å². The van der Waals surface area contributed by atoms with Gasteiger partial charge in [0.05, 0.1) is 4.90 Å². The first-order valence-electron chi connectivity index (χ1n) is 6.92. The van der Waals surface area contributed by atoms with Crippen LogP contribution < -0.4 is 15.4 Å². The average molecular weight is 313 g/mol. The molecule has 1 atom stereocenters. The predicted molar refractivity (Wildman–Crippen MR) is 82.4 cm³/mol. The maximum Gasteiger partial charge on any atom is 0.240 e. The molecule has 0 aromatic heterocycles. The van der Waals surface area contributed by atoms with Gasteiger partial charge in [-0.2, -0.15) is 0 Å². The first-order chi connectivity index (χ1) is 9.94. The third-order valence-electron chi connectivity index (χ3n) is 3.25. The number of carbonyl (C=O) groups is 1. The molecule has 1 amide bonds. The molecule has 6 nitrogen and oxygen atoms in total. The van der Waals surface area contributed by atoms with E-state index in [2.05, 4.69) is 15.4 Å². The predicted octanol–water partition coefficient (Wildman–Crippen LogP) is 0.772. The van der Waals surface area contributed by atoms with Crippen LogP contribution in [-0.2, 0) is 14.8 Å². The maximum absolute atomic E-state index is 12.2. The molecular weight excluding hydrogens is 290 g/mol. The molecule has 1 unspecified atom stereocenters. The van der Waals surface area contributed by atoms with E-state index < -0.39 is 10.0 Å². The Morgan fingerprint density at radius 1 is 1.29 bits per heavy atom. The molecule has 0 spiro atoms. The van der Waals surface area contributed by atoms with Gasteiger partial charge in [0.15, 0.2) is 0 Å². The number of amides is 1. The number of hydrogen-bond acceptors (Lipinski definition) is 4. The summed E-state index contributed by atoms with van der Waals surface area (Å²) in [5, 5.41) is 5.59. The van der Waals surface area contributed by atoms with E-state index in [4.69, 9.17) is 0 Å². The van der Waals surface area contributed by atoms with Gasteiger partial charge >= 0.3 is 0 Å². The fourth-order valence-corrected chi connectivity index (χ4v) is 3.10. The van der Waals surface area contributed by atoms with E-state index in [1.807, 2.05) is 20.0 Å². The summed E-state index contributed by atoms with van der Waals surface area (Å²) in [6.07, 6.45) is 0.980. The molecule has 21 heavy (non-hydrogen) atoms. The van der Waals surface area contributed by atoms with Crippen LogP contribution in [-0.4, -0.2) is 35.0 Å². The fraction of sp³-hybridized carbons (Fsp3) is 0.500. The molecule has 0 aliphatic rings. The lowest BCUT2D eigenvalue weighted by molar-refractivity contribution is -0.120. The smallest absolute Gasteiger partial charge is 0.240 e. The Kier molecular flexibility index (Phi) is 6.80. The Balaban J connectivity index is 2.83. The minimum atomic E-state index is -3.59. The van der Waals surface area contributed by atoms with Crippen LogP contribution in [0.5, 0.6) is 0 Å². The van der Waals surface area contributed by atoms with Crippen LogP contribution in [0.3, 0.4) is 0 Å². The van der Waals surface area contributed by atoms with E-state index in [1.54, 1.807) is 18.2 Å². The van der Waals surface area contributed by atoms with Gasteiger partial charge in [-0.3, -0.25) is 4.79 Å². The largest absolute Gasteiger partial charge is 0.359 e. The van der Waals surface area contributed by atoms with Gasteiger partial charge in [-0.25, -0.2) is 13.1 Å². The lowest BCUT2D eigenvalue weighted by Crippen LogP contribution is -2.29.